The molecule has 0 bridgehead atoms. The second-order valence-corrected chi connectivity index (χ2v) is 19.0. The number of nitrogens with zero attached hydrogens (tertiary/aromatic N) is 2. The van der Waals surface area contributed by atoms with E-state index in [0.29, 0.717) is 25.3 Å². The van der Waals surface area contributed by atoms with Crippen LogP contribution in [-0.4, -0.2) is 104 Å². The molecule has 4 fully saturated rings. The Morgan fingerprint density at radius 2 is 1.73 bits per heavy atom. The van der Waals surface area contributed by atoms with Crippen LogP contribution in [0.2, 0.25) is 0 Å². The standard InChI is InChI=1S/C37H62N6O7S/c1-9-11-17-27(31(44)33(46)38-18-10-2)39-32(45)30-25-19-24-20-37(24,6)26(25)21-43(30)34(47)29(23-15-13-12-14-16-23)41-35(48)40-28(36(3,4)5)22-42(7)51(8,49)50/h10,23-30H,2,9,11-22H2,1,3-8H3,(H,38,46)(H,39,45)(H2,40,41,48)/t24?,25-,26-,27?,28+,29-,30-,37?/m0/s1. The first-order chi connectivity index (χ1) is 23.8. The first-order valence-electron chi connectivity index (χ1n) is 18.9. The Labute approximate surface area is 304 Å². The number of fused-ring (bicyclic) bond motifs is 3. The lowest BCUT2D eigenvalue weighted by Gasteiger charge is -2.37. The zero-order chi connectivity index (χ0) is 37.9. The third kappa shape index (κ3) is 9.52. The number of ketones is 1. The summed E-state index contributed by atoms with van der Waals surface area (Å²) in [5.74, 6) is -1.88. The highest BCUT2D eigenvalue weighted by Crippen LogP contribution is 2.70. The molecule has 51 heavy (non-hydrogen) atoms. The molecule has 0 aromatic rings. The minimum atomic E-state index is -3.50. The lowest BCUT2D eigenvalue weighted by molar-refractivity contribution is -0.144. The van der Waals surface area contributed by atoms with Crippen molar-refractivity contribution in [1.82, 2.24) is 30.5 Å². The largest absolute Gasteiger partial charge is 0.346 e. The Morgan fingerprint density at radius 1 is 1.06 bits per heavy atom. The third-order valence-electron chi connectivity index (χ3n) is 12.2. The smallest absolute Gasteiger partial charge is 0.315 e. The first-order valence-corrected chi connectivity index (χ1v) is 20.7. The first kappa shape index (κ1) is 40.8. The summed E-state index contributed by atoms with van der Waals surface area (Å²) in [6.45, 7) is 14.1. The van der Waals surface area contributed by atoms with Crippen LogP contribution in [0.15, 0.2) is 12.7 Å². The second-order valence-electron chi connectivity index (χ2n) is 16.9. The highest BCUT2D eigenvalue weighted by atomic mass is 32.2. The number of unbranched alkanes of at least 4 members (excludes halogenated alkanes) is 1. The summed E-state index contributed by atoms with van der Waals surface area (Å²) in [5.41, 5.74) is -0.461. The molecule has 1 aliphatic heterocycles. The number of likely N-dealkylation sites (N-methyl/N-ethyl adjacent to an activating group) is 1. The van der Waals surface area contributed by atoms with Crippen molar-refractivity contribution in [1.29, 1.82) is 0 Å². The predicted octanol–water partition coefficient (Wildman–Crippen LogP) is 2.96. The van der Waals surface area contributed by atoms with Gasteiger partial charge in [0.15, 0.2) is 0 Å². The van der Waals surface area contributed by atoms with Crippen molar-refractivity contribution < 1.29 is 32.4 Å². The maximum atomic E-state index is 14.8. The molecular weight excluding hydrogens is 673 g/mol. The molecule has 0 aromatic heterocycles. The van der Waals surface area contributed by atoms with Crippen molar-refractivity contribution in [2.24, 2.45) is 34.5 Å². The second kappa shape index (κ2) is 16.3. The van der Waals surface area contributed by atoms with E-state index in [4.69, 9.17) is 0 Å². The molecule has 4 N–H and O–H groups in total. The molecule has 0 spiro atoms. The van der Waals surface area contributed by atoms with E-state index in [9.17, 15) is 32.4 Å². The molecule has 13 nitrogen and oxygen atoms in total. The molecule has 288 valence electrons. The zero-order valence-corrected chi connectivity index (χ0v) is 32.6. The lowest BCUT2D eigenvalue weighted by atomic mass is 9.83. The number of hydrogen-bond acceptors (Lipinski definition) is 7. The van der Waals surface area contributed by atoms with E-state index >= 15 is 0 Å². The SMILES string of the molecule is C=CCNC(=O)C(=O)C(CCCC)NC(=O)[C@@H]1[C@H]2CC3CC3(C)[C@H]2CN1C(=O)[C@@H](NC(=O)N[C@H](CN(C)S(C)(=O)=O)C(C)(C)C)C1CCCCC1. The molecule has 0 radical (unpaired) electrons. The van der Waals surface area contributed by atoms with E-state index < -0.39 is 63.2 Å². The van der Waals surface area contributed by atoms with Gasteiger partial charge in [-0.3, -0.25) is 19.2 Å². The minimum Gasteiger partial charge on any atom is -0.346 e. The third-order valence-corrected chi connectivity index (χ3v) is 13.5. The van der Waals surface area contributed by atoms with Gasteiger partial charge in [0.2, 0.25) is 27.6 Å². The number of urea groups is 1. The molecule has 1 heterocycles. The molecule has 0 aromatic carbocycles. The number of Topliss-reactive ketones (excluding diaryl/α,β-unsaturated/α-hetero) is 1. The topological polar surface area (TPSA) is 174 Å². The van der Waals surface area contributed by atoms with Crippen molar-refractivity contribution in [2.75, 3.05) is 32.9 Å². The summed E-state index contributed by atoms with van der Waals surface area (Å²) in [6, 6.07) is -3.87. The van der Waals surface area contributed by atoms with Crippen molar-refractivity contribution in [3.05, 3.63) is 12.7 Å². The van der Waals surface area contributed by atoms with Crippen molar-refractivity contribution in [2.45, 2.75) is 123 Å². The van der Waals surface area contributed by atoms with E-state index in [1.807, 2.05) is 27.7 Å². The fourth-order valence-electron chi connectivity index (χ4n) is 8.71. The van der Waals surface area contributed by atoms with E-state index in [1.165, 1.54) is 17.4 Å². The van der Waals surface area contributed by atoms with Crippen LogP contribution in [0.1, 0.15) is 98.8 Å². The van der Waals surface area contributed by atoms with Gasteiger partial charge in [-0.05, 0) is 66.6 Å². The number of rotatable bonds is 16. The molecule has 3 unspecified atom stereocenters. The van der Waals surface area contributed by atoms with Crippen LogP contribution >= 0.6 is 0 Å². The highest BCUT2D eigenvalue weighted by Gasteiger charge is 2.69. The number of carbonyl (C=O) groups excluding carboxylic acids is 5. The molecule has 4 rings (SSSR count). The average molecular weight is 735 g/mol. The van der Waals surface area contributed by atoms with Gasteiger partial charge in [0.25, 0.3) is 5.91 Å². The van der Waals surface area contributed by atoms with Gasteiger partial charge in [-0.25, -0.2) is 17.5 Å². The Kier molecular flexibility index (Phi) is 13.1. The van der Waals surface area contributed by atoms with Crippen LogP contribution in [0.3, 0.4) is 0 Å². The summed E-state index contributed by atoms with van der Waals surface area (Å²) >= 11 is 0. The van der Waals surface area contributed by atoms with Crippen molar-refractivity contribution in [3.8, 4) is 0 Å². The molecule has 8 atom stereocenters. The van der Waals surface area contributed by atoms with Gasteiger partial charge in [0, 0.05) is 32.7 Å². The molecule has 1 saturated heterocycles. The van der Waals surface area contributed by atoms with Gasteiger partial charge < -0.3 is 26.2 Å². The summed E-state index contributed by atoms with van der Waals surface area (Å²) in [7, 11) is -2.03. The highest BCUT2D eigenvalue weighted by molar-refractivity contribution is 7.88. The summed E-state index contributed by atoms with van der Waals surface area (Å²) in [4.78, 5) is 70.5. The number of amides is 5. The minimum absolute atomic E-state index is 0.0386. The number of hydrogen-bond donors (Lipinski definition) is 4. The number of carbonyl (C=O) groups is 5. The Bertz CT molecular complexity index is 1440. The average Bonchev–Trinajstić information content (AvgIpc) is 3.42. The fraction of sp³-hybridized carbons (Fsp3) is 0.811. The lowest BCUT2D eigenvalue weighted by Crippen LogP contribution is -2.61. The molecule has 5 amide bonds. The van der Waals surface area contributed by atoms with Crippen molar-refractivity contribution in [3.63, 3.8) is 0 Å². The van der Waals surface area contributed by atoms with Crippen LogP contribution in [0.25, 0.3) is 0 Å². The molecule has 14 heteroatoms. The number of nitrogens with one attached hydrogen (secondary N) is 4. The van der Waals surface area contributed by atoms with Gasteiger partial charge in [-0.15, -0.1) is 6.58 Å². The van der Waals surface area contributed by atoms with Crippen LogP contribution in [0.4, 0.5) is 4.79 Å². The van der Waals surface area contributed by atoms with Gasteiger partial charge in [-0.1, -0.05) is 72.8 Å². The van der Waals surface area contributed by atoms with Gasteiger partial charge in [0.1, 0.15) is 12.1 Å². The predicted molar refractivity (Wildman–Crippen MR) is 196 cm³/mol. The fourth-order valence-corrected chi connectivity index (χ4v) is 9.13. The normalized spacial score (nSPS) is 27.8. The molecular formula is C37H62N6O7S. The van der Waals surface area contributed by atoms with E-state index in [-0.39, 0.29) is 42.2 Å². The van der Waals surface area contributed by atoms with Gasteiger partial charge >= 0.3 is 6.03 Å². The van der Waals surface area contributed by atoms with E-state index in [1.54, 1.807) is 4.90 Å². The van der Waals surface area contributed by atoms with E-state index in [2.05, 4.69) is 34.8 Å². The number of sulfonamides is 1. The Hall–Kier alpha value is -3.00. The van der Waals surface area contributed by atoms with E-state index in [0.717, 1.165) is 57.6 Å². The maximum Gasteiger partial charge on any atom is 0.315 e. The molecule has 4 aliphatic rings. The molecule has 3 aliphatic carbocycles. The van der Waals surface area contributed by atoms with Gasteiger partial charge in [-0.2, -0.15) is 0 Å². The summed E-state index contributed by atoms with van der Waals surface area (Å²) < 4.78 is 25.6. The number of likely N-dealkylation sites (tertiary alicyclic amines) is 1. The quantitative estimate of drug-likeness (QED) is 0.139. The van der Waals surface area contributed by atoms with Gasteiger partial charge in [0.05, 0.1) is 12.3 Å². The monoisotopic (exact) mass is 734 g/mol. The molecule has 3 saturated carbocycles. The van der Waals surface area contributed by atoms with Crippen LogP contribution < -0.4 is 21.3 Å². The van der Waals surface area contributed by atoms with Crippen LogP contribution in [-0.2, 0) is 29.2 Å². The van der Waals surface area contributed by atoms with Crippen LogP contribution in [0.5, 0.6) is 0 Å². The Balaban J connectivity index is 1.61. The van der Waals surface area contributed by atoms with Crippen LogP contribution in [0, 0.1) is 34.5 Å². The zero-order valence-electron chi connectivity index (χ0n) is 31.8. The summed E-state index contributed by atoms with van der Waals surface area (Å²) in [5, 5.41) is 11.4. The maximum absolute atomic E-state index is 14.8. The Morgan fingerprint density at radius 3 is 2.31 bits per heavy atom. The van der Waals surface area contributed by atoms with Crippen molar-refractivity contribution >= 4 is 39.6 Å². The summed E-state index contributed by atoms with van der Waals surface area (Å²) in [6.07, 6.45) is 10.5.